The molecular formula is C10H8ClN5O4. The second-order valence-electron chi connectivity index (χ2n) is 3.82. The van der Waals surface area contributed by atoms with E-state index in [9.17, 15) is 19.7 Å². The molecular weight excluding hydrogens is 290 g/mol. The normalized spacial score (nSPS) is 10.4. The number of aromatic amines is 1. The summed E-state index contributed by atoms with van der Waals surface area (Å²) in [5.74, 6) is 0.191. The highest BCUT2D eigenvalue weighted by atomic mass is 35.5. The average Bonchev–Trinajstić information content (AvgIpc) is 2.36. The smallest absolute Gasteiger partial charge is 0.350 e. The van der Waals surface area contributed by atoms with Gasteiger partial charge in [-0.1, -0.05) is 11.6 Å². The number of nitro groups is 1. The zero-order chi connectivity index (χ0) is 14.9. The molecule has 0 bridgehead atoms. The molecule has 0 aliphatic heterocycles. The van der Waals surface area contributed by atoms with Crippen LogP contribution in [0.15, 0.2) is 27.9 Å². The number of pyridine rings is 1. The molecule has 0 atom stereocenters. The predicted molar refractivity (Wildman–Crippen MR) is 70.7 cm³/mol. The third kappa shape index (κ3) is 2.67. The summed E-state index contributed by atoms with van der Waals surface area (Å²) in [5.41, 5.74) is 3.14. The lowest BCUT2D eigenvalue weighted by Gasteiger charge is -2.06. The lowest BCUT2D eigenvalue weighted by atomic mass is 10.3. The molecule has 0 radical (unpaired) electrons. The monoisotopic (exact) mass is 297 g/mol. The van der Waals surface area contributed by atoms with Crippen LogP contribution in [0.4, 0.5) is 11.5 Å². The van der Waals surface area contributed by atoms with E-state index in [1.54, 1.807) is 0 Å². The van der Waals surface area contributed by atoms with Gasteiger partial charge in [0.15, 0.2) is 0 Å². The Morgan fingerprint density at radius 2 is 2.15 bits per heavy atom. The van der Waals surface area contributed by atoms with E-state index >= 15 is 0 Å². The maximum absolute atomic E-state index is 11.6. The number of hydrogen-bond donors (Lipinski definition) is 2. The van der Waals surface area contributed by atoms with Crippen molar-refractivity contribution in [2.75, 3.05) is 5.73 Å². The standard InChI is InChI=1S/C10H8ClN5O4/c11-5-1-2-8(12)13-6(5)3-15-4-7(16(19)20)9(17)14-10(15)18/h1-2,4H,3H2,(H2,12,13)(H,14,17,18). The van der Waals surface area contributed by atoms with Crippen molar-refractivity contribution in [1.82, 2.24) is 14.5 Å². The summed E-state index contributed by atoms with van der Waals surface area (Å²) in [5, 5.41) is 10.9. The minimum atomic E-state index is -1.07. The van der Waals surface area contributed by atoms with Crippen LogP contribution in [0.3, 0.4) is 0 Å². The number of H-pyrrole nitrogens is 1. The maximum atomic E-state index is 11.6. The molecule has 0 amide bonds. The highest BCUT2D eigenvalue weighted by molar-refractivity contribution is 6.31. The molecule has 0 unspecified atom stereocenters. The first kappa shape index (κ1) is 13.7. The largest absolute Gasteiger partial charge is 0.384 e. The molecule has 3 N–H and O–H groups in total. The Bertz CT molecular complexity index is 797. The van der Waals surface area contributed by atoms with Crippen molar-refractivity contribution in [3.05, 3.63) is 60.0 Å². The van der Waals surface area contributed by atoms with Crippen LogP contribution in [-0.4, -0.2) is 19.5 Å². The van der Waals surface area contributed by atoms with Crippen LogP contribution in [-0.2, 0) is 6.54 Å². The summed E-state index contributed by atoms with van der Waals surface area (Å²) < 4.78 is 0.924. The maximum Gasteiger partial charge on any atom is 0.350 e. The van der Waals surface area contributed by atoms with Crippen molar-refractivity contribution in [3.63, 3.8) is 0 Å². The average molecular weight is 298 g/mol. The van der Waals surface area contributed by atoms with E-state index in [1.807, 2.05) is 4.98 Å². The highest BCUT2D eigenvalue weighted by Crippen LogP contribution is 2.16. The third-order valence-corrected chi connectivity index (χ3v) is 2.79. The molecule has 104 valence electrons. The molecule has 2 aromatic rings. The molecule has 2 aromatic heterocycles. The van der Waals surface area contributed by atoms with E-state index in [0.717, 1.165) is 10.8 Å². The Kier molecular flexibility index (Phi) is 3.53. The molecule has 20 heavy (non-hydrogen) atoms. The predicted octanol–water partition coefficient (Wildman–Crippen LogP) is 0.124. The molecule has 0 fully saturated rings. The van der Waals surface area contributed by atoms with Crippen LogP contribution in [0.1, 0.15) is 5.69 Å². The second kappa shape index (κ2) is 5.13. The van der Waals surface area contributed by atoms with E-state index in [-0.39, 0.29) is 23.1 Å². The van der Waals surface area contributed by atoms with E-state index in [4.69, 9.17) is 17.3 Å². The number of halogens is 1. The van der Waals surface area contributed by atoms with E-state index in [2.05, 4.69) is 4.98 Å². The number of nitrogens with two attached hydrogens (primary N) is 1. The van der Waals surface area contributed by atoms with Crippen molar-refractivity contribution in [1.29, 1.82) is 0 Å². The van der Waals surface area contributed by atoms with Crippen LogP contribution in [0.5, 0.6) is 0 Å². The van der Waals surface area contributed by atoms with Gasteiger partial charge in [-0.3, -0.25) is 24.5 Å². The van der Waals surface area contributed by atoms with E-state index in [0.29, 0.717) is 0 Å². The third-order valence-electron chi connectivity index (χ3n) is 2.45. The molecule has 0 saturated heterocycles. The summed E-state index contributed by atoms with van der Waals surface area (Å²) in [4.78, 5) is 38.4. The van der Waals surface area contributed by atoms with Crippen LogP contribution >= 0.6 is 11.6 Å². The Morgan fingerprint density at radius 1 is 1.45 bits per heavy atom. The number of nitrogens with zero attached hydrogens (tertiary/aromatic N) is 3. The lowest BCUT2D eigenvalue weighted by molar-refractivity contribution is -0.386. The van der Waals surface area contributed by atoms with Crippen molar-refractivity contribution < 1.29 is 4.92 Å². The van der Waals surface area contributed by atoms with E-state index < -0.39 is 21.9 Å². The molecule has 2 rings (SSSR count). The number of rotatable bonds is 3. The SMILES string of the molecule is Nc1ccc(Cl)c(Cn2cc([N+](=O)[O-])c(=O)[nH]c2=O)n1. The minimum Gasteiger partial charge on any atom is -0.384 e. The van der Waals surface area contributed by atoms with Gasteiger partial charge in [0.1, 0.15) is 5.82 Å². The Morgan fingerprint density at radius 3 is 2.80 bits per heavy atom. The van der Waals surface area contributed by atoms with Crippen LogP contribution in [0.2, 0.25) is 5.02 Å². The fourth-order valence-electron chi connectivity index (χ4n) is 1.52. The summed E-state index contributed by atoms with van der Waals surface area (Å²) >= 11 is 5.89. The Balaban J connectivity index is 2.51. The van der Waals surface area contributed by atoms with Gasteiger partial charge < -0.3 is 5.73 Å². The number of nitrogen functional groups attached to an aromatic ring is 1. The molecule has 0 spiro atoms. The van der Waals surface area contributed by atoms with Crippen LogP contribution in [0.25, 0.3) is 0 Å². The molecule has 2 heterocycles. The van der Waals surface area contributed by atoms with Crippen molar-refractivity contribution in [3.8, 4) is 0 Å². The van der Waals surface area contributed by atoms with Crippen molar-refractivity contribution in [2.45, 2.75) is 6.54 Å². The number of aromatic nitrogens is 3. The van der Waals surface area contributed by atoms with Gasteiger partial charge in [0, 0.05) is 0 Å². The Labute approximate surface area is 115 Å². The van der Waals surface area contributed by atoms with E-state index in [1.165, 1.54) is 12.1 Å². The van der Waals surface area contributed by atoms with Gasteiger partial charge >= 0.3 is 16.9 Å². The summed E-state index contributed by atoms with van der Waals surface area (Å²) in [7, 11) is 0. The molecule has 0 aliphatic rings. The second-order valence-corrected chi connectivity index (χ2v) is 4.23. The zero-order valence-corrected chi connectivity index (χ0v) is 10.6. The fourth-order valence-corrected chi connectivity index (χ4v) is 1.68. The molecule has 0 aromatic carbocycles. The first-order chi connectivity index (χ1) is 9.38. The lowest BCUT2D eigenvalue weighted by Crippen LogP contribution is -2.31. The van der Waals surface area contributed by atoms with Crippen molar-refractivity contribution >= 4 is 23.1 Å². The van der Waals surface area contributed by atoms with Gasteiger partial charge in [-0.25, -0.2) is 9.78 Å². The molecule has 9 nitrogen and oxygen atoms in total. The summed E-state index contributed by atoms with van der Waals surface area (Å²) in [6.07, 6.45) is 0.836. The highest BCUT2D eigenvalue weighted by Gasteiger charge is 2.16. The van der Waals surface area contributed by atoms with Crippen molar-refractivity contribution in [2.24, 2.45) is 0 Å². The van der Waals surface area contributed by atoms with Gasteiger partial charge in [-0.15, -0.1) is 0 Å². The van der Waals surface area contributed by atoms with Gasteiger partial charge in [-0.05, 0) is 12.1 Å². The number of anilines is 1. The van der Waals surface area contributed by atoms with Gasteiger partial charge in [0.25, 0.3) is 0 Å². The van der Waals surface area contributed by atoms with Gasteiger partial charge in [0.2, 0.25) is 0 Å². The van der Waals surface area contributed by atoms with Gasteiger partial charge in [-0.2, -0.15) is 0 Å². The van der Waals surface area contributed by atoms with Crippen LogP contribution in [0, 0.1) is 10.1 Å². The summed E-state index contributed by atoms with van der Waals surface area (Å²) in [6, 6.07) is 2.97. The minimum absolute atomic E-state index is 0.152. The topological polar surface area (TPSA) is 137 Å². The fraction of sp³-hybridized carbons (Fsp3) is 0.100. The zero-order valence-electron chi connectivity index (χ0n) is 9.87. The molecule has 10 heteroatoms. The molecule has 0 saturated carbocycles. The first-order valence-electron chi connectivity index (χ1n) is 5.27. The van der Waals surface area contributed by atoms with Crippen LogP contribution < -0.4 is 17.0 Å². The molecule has 0 aliphatic carbocycles. The summed E-state index contributed by atoms with van der Waals surface area (Å²) in [6.45, 7) is -0.152. The first-order valence-corrected chi connectivity index (χ1v) is 5.65. The number of nitrogens with one attached hydrogen (secondary N) is 1. The quantitative estimate of drug-likeness (QED) is 0.610. The number of hydrogen-bond acceptors (Lipinski definition) is 6. The van der Waals surface area contributed by atoms with Gasteiger partial charge in [0.05, 0.1) is 28.4 Å². The Hall–Kier alpha value is -2.68.